The molecular formula is C20H21N7O6. The highest BCUT2D eigenvalue weighted by molar-refractivity contribution is 5.96. The van der Waals surface area contributed by atoms with E-state index in [4.69, 9.17) is 16.6 Å². The quantitative estimate of drug-likeness (QED) is 0.237. The predicted octanol–water partition coefficient (Wildman–Crippen LogP) is -0.612. The number of aliphatic hydroxyl groups excluding tert-OH is 1. The number of anilines is 2. The zero-order valence-electron chi connectivity index (χ0n) is 17.2. The molecule has 1 amide bonds. The summed E-state index contributed by atoms with van der Waals surface area (Å²) in [7, 11) is 0. The van der Waals surface area contributed by atoms with Crippen molar-refractivity contribution in [2.45, 2.75) is 31.4 Å². The van der Waals surface area contributed by atoms with Crippen LogP contribution in [0.3, 0.4) is 0 Å². The maximum Gasteiger partial charge on any atom is 0.328 e. The Morgan fingerprint density at radius 1 is 1.00 bits per heavy atom. The molecule has 0 saturated carbocycles. The van der Waals surface area contributed by atoms with Crippen molar-refractivity contribution in [3.8, 4) is 0 Å². The minimum atomic E-state index is -1.78. The average Bonchev–Trinajstić information content (AvgIpc) is 2.75. The van der Waals surface area contributed by atoms with Crippen LogP contribution in [-0.4, -0.2) is 65.2 Å². The first kappa shape index (κ1) is 23.3. The topological polar surface area (TPSA) is 228 Å². The van der Waals surface area contributed by atoms with Gasteiger partial charge in [-0.25, -0.2) is 14.8 Å². The van der Waals surface area contributed by atoms with Gasteiger partial charge in [0.15, 0.2) is 23.0 Å². The van der Waals surface area contributed by atoms with Gasteiger partial charge >= 0.3 is 11.9 Å². The van der Waals surface area contributed by atoms with Crippen molar-refractivity contribution in [1.82, 2.24) is 25.3 Å². The van der Waals surface area contributed by atoms with Crippen LogP contribution < -0.4 is 16.8 Å². The molecule has 172 valence electrons. The van der Waals surface area contributed by atoms with Crippen molar-refractivity contribution < 1.29 is 29.7 Å². The monoisotopic (exact) mass is 455 g/mol. The van der Waals surface area contributed by atoms with E-state index in [-0.39, 0.29) is 17.3 Å². The number of carbonyl (C=O) groups excluding carboxylic acids is 1. The molecular weight excluding hydrogens is 434 g/mol. The molecule has 0 aliphatic rings. The Labute approximate surface area is 186 Å². The van der Waals surface area contributed by atoms with Gasteiger partial charge < -0.3 is 32.1 Å². The third-order valence-electron chi connectivity index (χ3n) is 4.71. The highest BCUT2D eigenvalue weighted by Crippen LogP contribution is 2.16. The lowest BCUT2D eigenvalue weighted by Gasteiger charge is -2.19. The fourth-order valence-electron chi connectivity index (χ4n) is 3.04. The number of carboxylic acid groups (broad SMARTS) is 2. The molecule has 13 heteroatoms. The van der Waals surface area contributed by atoms with E-state index in [0.717, 1.165) is 5.56 Å². The second-order valence-corrected chi connectivity index (χ2v) is 7.15. The fraction of sp³-hybridized carbons (Fsp3) is 0.250. The van der Waals surface area contributed by atoms with Gasteiger partial charge in [0.05, 0.1) is 24.4 Å². The van der Waals surface area contributed by atoms with E-state index in [9.17, 15) is 24.6 Å². The number of fused-ring (bicyclic) bond motifs is 1. The fourth-order valence-corrected chi connectivity index (χ4v) is 3.04. The maximum atomic E-state index is 12.3. The van der Waals surface area contributed by atoms with Crippen LogP contribution in [0.25, 0.3) is 11.2 Å². The first-order valence-electron chi connectivity index (χ1n) is 9.71. The Balaban J connectivity index is 1.64. The Morgan fingerprint density at radius 2 is 1.70 bits per heavy atom. The zero-order chi connectivity index (χ0) is 24.1. The van der Waals surface area contributed by atoms with E-state index in [1.54, 1.807) is 18.3 Å². The number of aryl methyl sites for hydroxylation is 2. The molecule has 1 unspecified atom stereocenters. The second kappa shape index (κ2) is 9.82. The Kier molecular flexibility index (Phi) is 6.93. The summed E-state index contributed by atoms with van der Waals surface area (Å²) < 4.78 is 0. The van der Waals surface area contributed by atoms with Crippen LogP contribution in [0, 0.1) is 0 Å². The number of carbonyl (C=O) groups is 3. The molecule has 3 aromatic rings. The highest BCUT2D eigenvalue weighted by Gasteiger charge is 2.30. The van der Waals surface area contributed by atoms with Crippen LogP contribution in [0.4, 0.5) is 11.8 Å². The van der Waals surface area contributed by atoms with Gasteiger partial charge in [0.2, 0.25) is 5.95 Å². The number of hydrogen-bond donors (Lipinski definition) is 6. The van der Waals surface area contributed by atoms with Crippen molar-refractivity contribution in [1.29, 1.82) is 0 Å². The summed E-state index contributed by atoms with van der Waals surface area (Å²) in [5, 5.41) is 29.8. The molecule has 3 rings (SSSR count). The van der Waals surface area contributed by atoms with Crippen LogP contribution in [0.2, 0.25) is 0 Å². The van der Waals surface area contributed by atoms with E-state index in [1.165, 1.54) is 12.1 Å². The molecule has 0 bridgehead atoms. The zero-order valence-corrected chi connectivity index (χ0v) is 17.2. The third kappa shape index (κ3) is 5.86. The summed E-state index contributed by atoms with van der Waals surface area (Å²) in [4.78, 5) is 50.8. The SMILES string of the molecule is Nc1nc(N)c2nc(CCc3ccc(C(=O)N[C@H](C(=O)O)C(O)CC(=O)O)cc3)cnc2n1. The van der Waals surface area contributed by atoms with Crippen molar-refractivity contribution in [2.75, 3.05) is 11.5 Å². The molecule has 2 heterocycles. The standard InChI is InChI=1S/C20H21N7O6/c21-16-15-17(27-20(22)26-16)23-8-11(24-15)6-3-9-1-4-10(5-2-9)18(31)25-14(19(32)33)12(28)7-13(29)30/h1-2,4-5,8,12,14,28H,3,6-7H2,(H,25,31)(H,29,30)(H,32,33)(H4,21,22,23,26,27)/t12?,14-/m0/s1. The average molecular weight is 455 g/mol. The molecule has 0 aliphatic carbocycles. The van der Waals surface area contributed by atoms with Gasteiger partial charge in [-0.05, 0) is 30.5 Å². The summed E-state index contributed by atoms with van der Waals surface area (Å²) in [6.45, 7) is 0. The van der Waals surface area contributed by atoms with Gasteiger partial charge in [0, 0.05) is 5.56 Å². The van der Waals surface area contributed by atoms with Crippen molar-refractivity contribution in [3.63, 3.8) is 0 Å². The van der Waals surface area contributed by atoms with Crippen molar-refractivity contribution in [2.24, 2.45) is 0 Å². The molecule has 8 N–H and O–H groups in total. The minimum Gasteiger partial charge on any atom is -0.481 e. The molecule has 0 saturated heterocycles. The normalized spacial score (nSPS) is 12.8. The summed E-state index contributed by atoms with van der Waals surface area (Å²) in [5.41, 5.74) is 13.7. The van der Waals surface area contributed by atoms with Crippen molar-refractivity contribution >= 4 is 40.8 Å². The summed E-state index contributed by atoms with van der Waals surface area (Å²) in [6.07, 6.45) is 0.0409. The van der Waals surface area contributed by atoms with Crippen LogP contribution in [0.1, 0.15) is 28.0 Å². The molecule has 0 radical (unpaired) electrons. The number of aromatic nitrogens is 4. The van der Waals surface area contributed by atoms with E-state index >= 15 is 0 Å². The summed E-state index contributed by atoms with van der Waals surface area (Å²) in [5.74, 6) is -3.54. The molecule has 2 atom stereocenters. The number of amides is 1. The lowest BCUT2D eigenvalue weighted by Crippen LogP contribution is -2.49. The lowest BCUT2D eigenvalue weighted by molar-refractivity contribution is -0.145. The number of benzene rings is 1. The first-order chi connectivity index (χ1) is 15.6. The Hall–Kier alpha value is -4.39. The lowest BCUT2D eigenvalue weighted by atomic mass is 10.0. The molecule has 0 aliphatic heterocycles. The Bertz CT molecular complexity index is 1200. The summed E-state index contributed by atoms with van der Waals surface area (Å²) in [6, 6.07) is 4.60. The van der Waals surface area contributed by atoms with Crippen LogP contribution in [0.5, 0.6) is 0 Å². The van der Waals surface area contributed by atoms with Crippen LogP contribution in [0.15, 0.2) is 30.5 Å². The number of rotatable bonds is 9. The van der Waals surface area contributed by atoms with Gasteiger partial charge in [-0.3, -0.25) is 9.59 Å². The van der Waals surface area contributed by atoms with E-state index in [1.807, 2.05) is 0 Å². The molecule has 13 nitrogen and oxygen atoms in total. The van der Waals surface area contributed by atoms with Crippen LogP contribution >= 0.6 is 0 Å². The number of aliphatic hydroxyl groups is 1. The number of hydrogen-bond acceptors (Lipinski definition) is 10. The van der Waals surface area contributed by atoms with Crippen LogP contribution in [-0.2, 0) is 22.4 Å². The third-order valence-corrected chi connectivity index (χ3v) is 4.71. The molecule has 0 spiro atoms. The number of nitrogens with one attached hydrogen (secondary N) is 1. The molecule has 1 aromatic carbocycles. The Morgan fingerprint density at radius 3 is 2.33 bits per heavy atom. The number of aliphatic carboxylic acids is 2. The second-order valence-electron chi connectivity index (χ2n) is 7.15. The van der Waals surface area contributed by atoms with Gasteiger partial charge in [-0.2, -0.15) is 9.97 Å². The van der Waals surface area contributed by atoms with Gasteiger partial charge in [0.1, 0.15) is 0 Å². The molecule has 0 fully saturated rings. The largest absolute Gasteiger partial charge is 0.481 e. The summed E-state index contributed by atoms with van der Waals surface area (Å²) >= 11 is 0. The van der Waals surface area contributed by atoms with Gasteiger partial charge in [-0.15, -0.1) is 0 Å². The van der Waals surface area contributed by atoms with E-state index in [2.05, 4.69) is 25.3 Å². The minimum absolute atomic E-state index is 0.0113. The smallest absolute Gasteiger partial charge is 0.328 e. The van der Waals surface area contributed by atoms with Crippen molar-refractivity contribution in [3.05, 3.63) is 47.3 Å². The number of nitrogens with zero attached hydrogens (tertiary/aromatic N) is 4. The number of carboxylic acids is 2. The molecule has 2 aromatic heterocycles. The molecule has 33 heavy (non-hydrogen) atoms. The van der Waals surface area contributed by atoms with Gasteiger partial charge in [-0.1, -0.05) is 12.1 Å². The first-order valence-corrected chi connectivity index (χ1v) is 9.71. The van der Waals surface area contributed by atoms with Gasteiger partial charge in [0.25, 0.3) is 5.91 Å². The maximum absolute atomic E-state index is 12.3. The van der Waals surface area contributed by atoms with E-state index < -0.39 is 36.4 Å². The number of nitrogens with two attached hydrogens (primary N) is 2. The predicted molar refractivity (Wildman–Crippen MR) is 115 cm³/mol. The number of nitrogen functional groups attached to an aromatic ring is 2. The van der Waals surface area contributed by atoms with E-state index in [0.29, 0.717) is 29.7 Å². The highest BCUT2D eigenvalue weighted by atomic mass is 16.4.